The summed E-state index contributed by atoms with van der Waals surface area (Å²) >= 11 is 0. The summed E-state index contributed by atoms with van der Waals surface area (Å²) in [6.45, 7) is 4.09. The fraction of sp³-hybridized carbons (Fsp3) is 0.933. The lowest BCUT2D eigenvalue weighted by Gasteiger charge is -2.34. The zero-order chi connectivity index (χ0) is 13.0. The number of carbonyl (C=O) groups is 1. The summed E-state index contributed by atoms with van der Waals surface area (Å²) in [6.07, 6.45) is 7.99. The number of aliphatic hydroxyl groups excluding tert-OH is 1. The van der Waals surface area contributed by atoms with Gasteiger partial charge in [0.2, 0.25) is 0 Å². The van der Waals surface area contributed by atoms with Crippen LogP contribution in [0.3, 0.4) is 0 Å². The first-order valence-corrected chi connectivity index (χ1v) is 7.58. The zero-order valence-electron chi connectivity index (χ0n) is 11.6. The van der Waals surface area contributed by atoms with Crippen molar-refractivity contribution < 1.29 is 9.90 Å². The van der Waals surface area contributed by atoms with Crippen LogP contribution >= 0.6 is 0 Å². The van der Waals surface area contributed by atoms with Gasteiger partial charge in [-0.05, 0) is 31.6 Å². The summed E-state index contributed by atoms with van der Waals surface area (Å²) in [7, 11) is 0. The summed E-state index contributed by atoms with van der Waals surface area (Å²) in [5.41, 5.74) is 0. The van der Waals surface area contributed by atoms with Crippen molar-refractivity contribution in [3.8, 4) is 0 Å². The summed E-state index contributed by atoms with van der Waals surface area (Å²) in [5.74, 6) is 1.36. The van der Waals surface area contributed by atoms with E-state index in [2.05, 4.69) is 11.8 Å². The van der Waals surface area contributed by atoms with Crippen molar-refractivity contribution in [1.82, 2.24) is 4.90 Å². The molecule has 18 heavy (non-hydrogen) atoms. The van der Waals surface area contributed by atoms with E-state index in [0.29, 0.717) is 17.7 Å². The van der Waals surface area contributed by atoms with Crippen molar-refractivity contribution >= 4 is 5.78 Å². The molecule has 0 aliphatic heterocycles. The topological polar surface area (TPSA) is 40.5 Å². The van der Waals surface area contributed by atoms with Gasteiger partial charge in [-0.2, -0.15) is 0 Å². The summed E-state index contributed by atoms with van der Waals surface area (Å²) < 4.78 is 0. The van der Waals surface area contributed by atoms with Gasteiger partial charge in [-0.1, -0.05) is 19.8 Å². The Morgan fingerprint density at radius 2 is 2.00 bits per heavy atom. The maximum Gasteiger partial charge on any atom is 0.137 e. The Balaban J connectivity index is 1.92. The highest BCUT2D eigenvalue weighted by Crippen LogP contribution is 2.29. The summed E-state index contributed by atoms with van der Waals surface area (Å²) in [5, 5.41) is 9.22. The molecule has 0 aromatic heterocycles. The van der Waals surface area contributed by atoms with Gasteiger partial charge in [0.15, 0.2) is 0 Å². The molecule has 2 unspecified atom stereocenters. The fourth-order valence-electron chi connectivity index (χ4n) is 3.61. The lowest BCUT2D eigenvalue weighted by Crippen LogP contribution is -2.42. The molecule has 0 bridgehead atoms. The van der Waals surface area contributed by atoms with Gasteiger partial charge in [-0.3, -0.25) is 9.69 Å². The SMILES string of the molecule is CC1CCC(=O)C(CN(CCO)C2CCCC2)C1. The molecule has 2 aliphatic rings. The molecule has 3 nitrogen and oxygen atoms in total. The highest BCUT2D eigenvalue weighted by molar-refractivity contribution is 5.81. The van der Waals surface area contributed by atoms with Gasteiger partial charge in [-0.15, -0.1) is 0 Å². The van der Waals surface area contributed by atoms with Crippen LogP contribution in [0.1, 0.15) is 51.9 Å². The molecule has 0 saturated heterocycles. The zero-order valence-corrected chi connectivity index (χ0v) is 11.6. The molecule has 0 aromatic carbocycles. The molecule has 0 radical (unpaired) electrons. The van der Waals surface area contributed by atoms with Crippen LogP contribution in [-0.2, 0) is 4.79 Å². The third-order valence-electron chi connectivity index (χ3n) is 4.71. The standard InChI is InChI=1S/C15H27NO2/c1-12-6-7-15(18)13(10-12)11-16(8-9-17)14-4-2-3-5-14/h12-14,17H,2-11H2,1H3. The first-order chi connectivity index (χ1) is 8.70. The molecule has 1 N–H and O–H groups in total. The first-order valence-electron chi connectivity index (χ1n) is 7.58. The number of carbonyl (C=O) groups excluding carboxylic acids is 1. The second-order valence-electron chi connectivity index (χ2n) is 6.20. The monoisotopic (exact) mass is 253 g/mol. The van der Waals surface area contributed by atoms with E-state index >= 15 is 0 Å². The quantitative estimate of drug-likeness (QED) is 0.817. The van der Waals surface area contributed by atoms with E-state index in [9.17, 15) is 9.90 Å². The number of nitrogens with zero attached hydrogens (tertiary/aromatic N) is 1. The molecule has 2 rings (SSSR count). The van der Waals surface area contributed by atoms with E-state index < -0.39 is 0 Å². The minimum absolute atomic E-state index is 0.215. The van der Waals surface area contributed by atoms with E-state index in [1.165, 1.54) is 25.7 Å². The van der Waals surface area contributed by atoms with Gasteiger partial charge >= 0.3 is 0 Å². The van der Waals surface area contributed by atoms with Crippen LogP contribution in [0.4, 0.5) is 0 Å². The predicted octanol–water partition coefficient (Wildman–Crippen LogP) is 2.23. The van der Waals surface area contributed by atoms with Crippen molar-refractivity contribution in [3.63, 3.8) is 0 Å². The Morgan fingerprint density at radius 3 is 2.67 bits per heavy atom. The van der Waals surface area contributed by atoms with E-state index in [4.69, 9.17) is 0 Å². The molecular weight excluding hydrogens is 226 g/mol. The highest BCUT2D eigenvalue weighted by Gasteiger charge is 2.31. The van der Waals surface area contributed by atoms with Crippen LogP contribution < -0.4 is 0 Å². The Bertz CT molecular complexity index is 274. The van der Waals surface area contributed by atoms with Crippen LogP contribution in [0.5, 0.6) is 0 Å². The molecule has 2 atom stereocenters. The number of aliphatic hydroxyl groups is 1. The summed E-state index contributed by atoms with van der Waals surface area (Å²) in [6, 6.07) is 0.613. The van der Waals surface area contributed by atoms with Crippen LogP contribution in [0, 0.1) is 11.8 Å². The second-order valence-corrected chi connectivity index (χ2v) is 6.20. The van der Waals surface area contributed by atoms with Crippen molar-refractivity contribution in [3.05, 3.63) is 0 Å². The molecule has 2 aliphatic carbocycles. The van der Waals surface area contributed by atoms with Crippen molar-refractivity contribution in [2.75, 3.05) is 19.7 Å². The molecule has 0 amide bonds. The Hall–Kier alpha value is -0.410. The van der Waals surface area contributed by atoms with E-state index in [1.54, 1.807) is 0 Å². The van der Waals surface area contributed by atoms with Gasteiger partial charge in [0, 0.05) is 31.5 Å². The number of Topliss-reactive ketones (excluding diaryl/α,β-unsaturated/α-hetero) is 1. The molecule has 3 heteroatoms. The number of hydrogen-bond acceptors (Lipinski definition) is 3. The van der Waals surface area contributed by atoms with Crippen LogP contribution in [-0.4, -0.2) is 41.5 Å². The van der Waals surface area contributed by atoms with Gasteiger partial charge in [0.05, 0.1) is 6.61 Å². The first kappa shape index (κ1) is 14.0. The smallest absolute Gasteiger partial charge is 0.137 e. The largest absolute Gasteiger partial charge is 0.395 e. The van der Waals surface area contributed by atoms with Crippen molar-refractivity contribution in [1.29, 1.82) is 0 Å². The molecule has 2 fully saturated rings. The van der Waals surface area contributed by atoms with E-state index in [-0.39, 0.29) is 12.5 Å². The molecule has 0 aromatic rings. The average Bonchev–Trinajstić information content (AvgIpc) is 2.87. The third kappa shape index (κ3) is 3.55. The van der Waals surface area contributed by atoms with Gasteiger partial charge in [-0.25, -0.2) is 0 Å². The number of hydrogen-bond donors (Lipinski definition) is 1. The lowest BCUT2D eigenvalue weighted by atomic mass is 9.81. The van der Waals surface area contributed by atoms with Gasteiger partial charge in [0.1, 0.15) is 5.78 Å². The predicted molar refractivity (Wildman–Crippen MR) is 72.4 cm³/mol. The minimum Gasteiger partial charge on any atom is -0.395 e. The normalized spacial score (nSPS) is 30.3. The molecule has 0 spiro atoms. The maximum absolute atomic E-state index is 12.0. The fourth-order valence-corrected chi connectivity index (χ4v) is 3.61. The van der Waals surface area contributed by atoms with Crippen LogP contribution in [0.15, 0.2) is 0 Å². The molecule has 104 valence electrons. The maximum atomic E-state index is 12.0. The molecule has 0 heterocycles. The second kappa shape index (κ2) is 6.67. The van der Waals surface area contributed by atoms with Crippen molar-refractivity contribution in [2.24, 2.45) is 11.8 Å². The number of rotatable bonds is 5. The van der Waals surface area contributed by atoms with Crippen molar-refractivity contribution in [2.45, 2.75) is 57.9 Å². The van der Waals surface area contributed by atoms with Crippen LogP contribution in [0.25, 0.3) is 0 Å². The highest BCUT2D eigenvalue weighted by atomic mass is 16.3. The molecule has 2 saturated carbocycles. The van der Waals surface area contributed by atoms with E-state index in [0.717, 1.165) is 32.4 Å². The Kier molecular flexibility index (Phi) is 5.19. The summed E-state index contributed by atoms with van der Waals surface area (Å²) in [4.78, 5) is 14.4. The Labute approximate surface area is 111 Å². The van der Waals surface area contributed by atoms with Gasteiger partial charge < -0.3 is 5.11 Å². The third-order valence-corrected chi connectivity index (χ3v) is 4.71. The van der Waals surface area contributed by atoms with Crippen LogP contribution in [0.2, 0.25) is 0 Å². The molecular formula is C15H27NO2. The lowest BCUT2D eigenvalue weighted by molar-refractivity contribution is -0.126. The van der Waals surface area contributed by atoms with E-state index in [1.807, 2.05) is 0 Å². The Morgan fingerprint density at radius 1 is 1.28 bits per heavy atom. The van der Waals surface area contributed by atoms with Gasteiger partial charge in [0.25, 0.3) is 0 Å². The minimum atomic E-state index is 0.215. The average molecular weight is 253 g/mol. The number of ketones is 1.